The SMILES string of the molecule is [CH]1CCC(c2ccc(OC3CCCC3)cc2)CC1. The first kappa shape index (κ1) is 12.1. The lowest BCUT2D eigenvalue weighted by Crippen LogP contribution is -2.11. The van der Waals surface area contributed by atoms with E-state index in [1.165, 1.54) is 56.9 Å². The minimum atomic E-state index is 0.472. The molecule has 1 aromatic carbocycles. The Kier molecular flexibility index (Phi) is 3.87. The summed E-state index contributed by atoms with van der Waals surface area (Å²) in [5.74, 6) is 1.84. The zero-order valence-electron chi connectivity index (χ0n) is 11.1. The van der Waals surface area contributed by atoms with Gasteiger partial charge in [0.05, 0.1) is 6.10 Å². The molecule has 0 atom stereocenters. The molecule has 2 aliphatic carbocycles. The average Bonchev–Trinajstić information content (AvgIpc) is 2.94. The maximum absolute atomic E-state index is 6.01. The van der Waals surface area contributed by atoms with Gasteiger partial charge in [0.15, 0.2) is 0 Å². The quantitative estimate of drug-likeness (QED) is 0.736. The summed E-state index contributed by atoms with van der Waals surface area (Å²) >= 11 is 0. The van der Waals surface area contributed by atoms with Crippen molar-refractivity contribution in [1.82, 2.24) is 0 Å². The van der Waals surface area contributed by atoms with E-state index in [9.17, 15) is 0 Å². The van der Waals surface area contributed by atoms with Crippen LogP contribution in [0.25, 0.3) is 0 Å². The lowest BCUT2D eigenvalue weighted by atomic mass is 9.84. The molecule has 0 unspecified atom stereocenters. The summed E-state index contributed by atoms with van der Waals surface area (Å²) in [5, 5.41) is 0. The number of rotatable bonds is 3. The molecule has 1 nitrogen and oxygen atoms in total. The molecule has 1 aromatic rings. The van der Waals surface area contributed by atoms with E-state index in [0.29, 0.717) is 6.10 Å². The second kappa shape index (κ2) is 5.77. The largest absolute Gasteiger partial charge is 0.490 e. The molecule has 0 N–H and O–H groups in total. The van der Waals surface area contributed by atoms with Crippen molar-refractivity contribution in [1.29, 1.82) is 0 Å². The van der Waals surface area contributed by atoms with E-state index in [4.69, 9.17) is 4.74 Å². The van der Waals surface area contributed by atoms with Crippen molar-refractivity contribution in [2.45, 2.75) is 63.4 Å². The highest BCUT2D eigenvalue weighted by Gasteiger charge is 2.18. The van der Waals surface area contributed by atoms with Crippen LogP contribution in [0.3, 0.4) is 0 Å². The van der Waals surface area contributed by atoms with Crippen molar-refractivity contribution in [2.75, 3.05) is 0 Å². The monoisotopic (exact) mass is 243 g/mol. The van der Waals surface area contributed by atoms with E-state index in [-0.39, 0.29) is 0 Å². The molecule has 2 fully saturated rings. The van der Waals surface area contributed by atoms with Gasteiger partial charge in [-0.05, 0) is 81.4 Å². The van der Waals surface area contributed by atoms with Crippen LogP contribution < -0.4 is 4.74 Å². The minimum Gasteiger partial charge on any atom is -0.490 e. The molecule has 97 valence electrons. The van der Waals surface area contributed by atoms with Gasteiger partial charge in [0.2, 0.25) is 0 Å². The highest BCUT2D eigenvalue weighted by atomic mass is 16.5. The summed E-state index contributed by atoms with van der Waals surface area (Å²) in [6.45, 7) is 0. The topological polar surface area (TPSA) is 9.23 Å². The van der Waals surface area contributed by atoms with Gasteiger partial charge < -0.3 is 4.74 Å². The molecule has 0 spiro atoms. The Labute approximate surface area is 111 Å². The van der Waals surface area contributed by atoms with Crippen molar-refractivity contribution >= 4 is 0 Å². The molecule has 0 bridgehead atoms. The van der Waals surface area contributed by atoms with Gasteiger partial charge in [-0.2, -0.15) is 0 Å². The van der Waals surface area contributed by atoms with E-state index in [2.05, 4.69) is 30.7 Å². The number of hydrogen-bond donors (Lipinski definition) is 0. The Morgan fingerprint density at radius 2 is 1.50 bits per heavy atom. The van der Waals surface area contributed by atoms with Crippen LogP contribution in [0.1, 0.15) is 62.8 Å². The highest BCUT2D eigenvalue weighted by Crippen LogP contribution is 2.33. The van der Waals surface area contributed by atoms with Gasteiger partial charge in [0, 0.05) is 0 Å². The zero-order valence-corrected chi connectivity index (χ0v) is 11.1. The molecule has 1 radical (unpaired) electrons. The van der Waals surface area contributed by atoms with E-state index in [1.807, 2.05) is 0 Å². The molecule has 0 aliphatic heterocycles. The molecule has 3 rings (SSSR count). The number of benzene rings is 1. The van der Waals surface area contributed by atoms with Gasteiger partial charge in [-0.1, -0.05) is 12.1 Å². The van der Waals surface area contributed by atoms with Crippen molar-refractivity contribution in [3.05, 3.63) is 36.2 Å². The Morgan fingerprint density at radius 1 is 0.833 bits per heavy atom. The molecule has 2 saturated carbocycles. The fraction of sp³-hybridized carbons (Fsp3) is 0.588. The van der Waals surface area contributed by atoms with Crippen LogP contribution in [-0.4, -0.2) is 6.10 Å². The third-order valence-electron chi connectivity index (χ3n) is 4.39. The third-order valence-corrected chi connectivity index (χ3v) is 4.39. The number of ether oxygens (including phenoxy) is 1. The van der Waals surface area contributed by atoms with E-state index in [0.717, 1.165) is 11.7 Å². The van der Waals surface area contributed by atoms with E-state index >= 15 is 0 Å². The molecule has 0 heterocycles. The highest BCUT2D eigenvalue weighted by molar-refractivity contribution is 5.30. The summed E-state index contributed by atoms with van der Waals surface area (Å²) in [6, 6.07) is 8.90. The van der Waals surface area contributed by atoms with Gasteiger partial charge in [-0.15, -0.1) is 0 Å². The van der Waals surface area contributed by atoms with Crippen LogP contribution in [0.2, 0.25) is 0 Å². The van der Waals surface area contributed by atoms with Crippen molar-refractivity contribution in [3.63, 3.8) is 0 Å². The Bertz CT molecular complexity index is 356. The zero-order chi connectivity index (χ0) is 12.2. The molecule has 0 saturated heterocycles. The Morgan fingerprint density at radius 3 is 2.17 bits per heavy atom. The van der Waals surface area contributed by atoms with Crippen molar-refractivity contribution in [2.24, 2.45) is 0 Å². The molecule has 0 amide bonds. The summed E-state index contributed by atoms with van der Waals surface area (Å²) in [5.41, 5.74) is 1.50. The van der Waals surface area contributed by atoms with Crippen molar-refractivity contribution < 1.29 is 4.74 Å². The lowest BCUT2D eigenvalue weighted by molar-refractivity contribution is 0.210. The molecular formula is C17H23O. The maximum atomic E-state index is 6.01. The maximum Gasteiger partial charge on any atom is 0.119 e. The number of hydrogen-bond acceptors (Lipinski definition) is 1. The van der Waals surface area contributed by atoms with Crippen LogP contribution in [-0.2, 0) is 0 Å². The average molecular weight is 243 g/mol. The summed E-state index contributed by atoms with van der Waals surface area (Å²) in [6.07, 6.45) is 13.2. The standard InChI is InChI=1S/C17H23O/c1-2-6-14(7-3-1)15-10-12-17(13-11-15)18-16-8-4-5-9-16/h1,10-14,16H,2-9H2. The van der Waals surface area contributed by atoms with Crippen LogP contribution >= 0.6 is 0 Å². The van der Waals surface area contributed by atoms with Gasteiger partial charge in [0.25, 0.3) is 0 Å². The summed E-state index contributed by atoms with van der Waals surface area (Å²) in [7, 11) is 0. The smallest absolute Gasteiger partial charge is 0.119 e. The first-order chi connectivity index (χ1) is 8.92. The fourth-order valence-corrected chi connectivity index (χ4v) is 3.28. The molecule has 2 aliphatic rings. The van der Waals surface area contributed by atoms with E-state index in [1.54, 1.807) is 0 Å². The van der Waals surface area contributed by atoms with Gasteiger partial charge in [0.1, 0.15) is 5.75 Å². The second-order valence-corrected chi connectivity index (χ2v) is 5.73. The predicted octanol–water partition coefficient (Wildman–Crippen LogP) is 4.87. The molecule has 1 heteroatoms. The van der Waals surface area contributed by atoms with Gasteiger partial charge in [-0.25, -0.2) is 0 Å². The molecule has 0 aromatic heterocycles. The summed E-state index contributed by atoms with van der Waals surface area (Å²) in [4.78, 5) is 0. The van der Waals surface area contributed by atoms with Crippen LogP contribution in [0.15, 0.2) is 24.3 Å². The van der Waals surface area contributed by atoms with Crippen LogP contribution in [0.4, 0.5) is 0 Å². The minimum absolute atomic E-state index is 0.472. The van der Waals surface area contributed by atoms with E-state index < -0.39 is 0 Å². The molecular weight excluding hydrogens is 220 g/mol. The predicted molar refractivity (Wildman–Crippen MR) is 74.8 cm³/mol. The third kappa shape index (κ3) is 2.88. The second-order valence-electron chi connectivity index (χ2n) is 5.73. The Balaban J connectivity index is 1.60. The summed E-state index contributed by atoms with van der Waals surface area (Å²) < 4.78 is 6.01. The van der Waals surface area contributed by atoms with Crippen molar-refractivity contribution in [3.8, 4) is 5.75 Å². The Hall–Kier alpha value is -0.980. The molecule has 18 heavy (non-hydrogen) atoms. The normalized spacial score (nSPS) is 22.2. The lowest BCUT2D eigenvalue weighted by Gasteiger charge is -2.22. The van der Waals surface area contributed by atoms with Gasteiger partial charge in [-0.3, -0.25) is 0 Å². The first-order valence-electron chi connectivity index (χ1n) is 7.50. The van der Waals surface area contributed by atoms with Gasteiger partial charge >= 0.3 is 0 Å². The van der Waals surface area contributed by atoms with Crippen LogP contribution in [0, 0.1) is 6.42 Å². The van der Waals surface area contributed by atoms with Crippen LogP contribution in [0.5, 0.6) is 5.75 Å². The first-order valence-corrected chi connectivity index (χ1v) is 7.50. The fourth-order valence-electron chi connectivity index (χ4n) is 3.28.